The molecule has 6 nitrogen and oxygen atoms in total. The fraction of sp³-hybridized carbons (Fsp3) is 0.308. The summed E-state index contributed by atoms with van der Waals surface area (Å²) in [6.45, 7) is 1.36. The van der Waals surface area contributed by atoms with Crippen molar-refractivity contribution in [3.05, 3.63) is 41.7 Å². The van der Waals surface area contributed by atoms with Crippen LogP contribution in [0.2, 0.25) is 0 Å². The summed E-state index contributed by atoms with van der Waals surface area (Å²) in [5, 5.41) is 28.7. The van der Waals surface area contributed by atoms with Crippen LogP contribution < -0.4 is 5.32 Å². The highest BCUT2D eigenvalue weighted by molar-refractivity contribution is 5.49. The number of benzene rings is 1. The van der Waals surface area contributed by atoms with E-state index in [0.717, 1.165) is 11.4 Å². The monoisotopic (exact) mass is 257 g/mol. The first-order valence-corrected chi connectivity index (χ1v) is 6.06. The molecule has 2 N–H and O–H groups in total. The van der Waals surface area contributed by atoms with E-state index in [1.54, 1.807) is 16.8 Å². The quantitative estimate of drug-likeness (QED) is 0.810. The Labute approximate surface area is 111 Å². The van der Waals surface area contributed by atoms with Gasteiger partial charge in [-0.05, 0) is 24.6 Å². The maximum Gasteiger partial charge on any atom is 0.102 e. The van der Waals surface area contributed by atoms with Crippen molar-refractivity contribution in [3.63, 3.8) is 0 Å². The third kappa shape index (κ3) is 3.79. The van der Waals surface area contributed by atoms with Crippen molar-refractivity contribution in [2.24, 2.45) is 0 Å². The smallest absolute Gasteiger partial charge is 0.102 e. The zero-order valence-electron chi connectivity index (χ0n) is 10.5. The SMILES string of the molecule is N#Cc1cccc(NCc2cn(CCCO)nn2)c1. The second kappa shape index (κ2) is 6.52. The predicted molar refractivity (Wildman–Crippen MR) is 70.2 cm³/mol. The normalized spacial score (nSPS) is 10.1. The molecule has 1 aromatic heterocycles. The molecular formula is C13H15N5O. The molecule has 0 spiro atoms. The van der Waals surface area contributed by atoms with E-state index in [1.807, 2.05) is 18.3 Å². The van der Waals surface area contributed by atoms with Gasteiger partial charge in [-0.25, -0.2) is 0 Å². The number of anilines is 1. The van der Waals surface area contributed by atoms with Gasteiger partial charge in [0, 0.05) is 18.8 Å². The second-order valence-corrected chi connectivity index (χ2v) is 4.10. The molecule has 0 atom stereocenters. The summed E-state index contributed by atoms with van der Waals surface area (Å²) < 4.78 is 1.71. The summed E-state index contributed by atoms with van der Waals surface area (Å²) in [7, 11) is 0. The van der Waals surface area contributed by atoms with Crippen LogP contribution >= 0.6 is 0 Å². The third-order valence-electron chi connectivity index (χ3n) is 2.60. The zero-order chi connectivity index (χ0) is 13.5. The summed E-state index contributed by atoms with van der Waals surface area (Å²) in [6.07, 6.45) is 2.51. The Bertz CT molecular complexity index is 572. The van der Waals surface area contributed by atoms with Gasteiger partial charge in [-0.15, -0.1) is 5.10 Å². The van der Waals surface area contributed by atoms with E-state index in [1.165, 1.54) is 0 Å². The maximum absolute atomic E-state index is 8.81. The van der Waals surface area contributed by atoms with E-state index in [9.17, 15) is 0 Å². The largest absolute Gasteiger partial charge is 0.396 e. The summed E-state index contributed by atoms with van der Waals surface area (Å²) in [4.78, 5) is 0. The summed E-state index contributed by atoms with van der Waals surface area (Å²) in [5.74, 6) is 0. The highest BCUT2D eigenvalue weighted by Gasteiger charge is 2.01. The van der Waals surface area contributed by atoms with Crippen LogP contribution in [0.5, 0.6) is 0 Å². The Morgan fingerprint density at radius 1 is 1.42 bits per heavy atom. The van der Waals surface area contributed by atoms with Crippen LogP contribution in [0, 0.1) is 11.3 Å². The average molecular weight is 257 g/mol. The van der Waals surface area contributed by atoms with Crippen LogP contribution in [0.3, 0.4) is 0 Å². The van der Waals surface area contributed by atoms with E-state index in [-0.39, 0.29) is 6.61 Å². The van der Waals surface area contributed by atoms with E-state index < -0.39 is 0 Å². The van der Waals surface area contributed by atoms with Gasteiger partial charge in [-0.2, -0.15) is 5.26 Å². The number of nitrogens with one attached hydrogen (secondary N) is 1. The van der Waals surface area contributed by atoms with Crippen LogP contribution in [0.1, 0.15) is 17.7 Å². The molecule has 0 aliphatic rings. The number of hydrogen-bond donors (Lipinski definition) is 2. The first-order valence-electron chi connectivity index (χ1n) is 6.06. The van der Waals surface area contributed by atoms with Gasteiger partial charge in [0.25, 0.3) is 0 Å². The van der Waals surface area contributed by atoms with Gasteiger partial charge in [-0.1, -0.05) is 11.3 Å². The molecule has 0 fully saturated rings. The van der Waals surface area contributed by atoms with E-state index in [2.05, 4.69) is 21.7 Å². The van der Waals surface area contributed by atoms with Crippen molar-refractivity contribution in [1.82, 2.24) is 15.0 Å². The van der Waals surface area contributed by atoms with Crippen LogP contribution in [-0.4, -0.2) is 26.7 Å². The number of hydrogen-bond acceptors (Lipinski definition) is 5. The average Bonchev–Trinajstić information content (AvgIpc) is 2.91. The molecule has 2 rings (SSSR count). The molecule has 0 aliphatic carbocycles. The van der Waals surface area contributed by atoms with Crippen LogP contribution in [0.15, 0.2) is 30.5 Å². The first-order chi connectivity index (χ1) is 9.31. The lowest BCUT2D eigenvalue weighted by atomic mass is 10.2. The predicted octanol–water partition coefficient (Wildman–Crippen LogP) is 1.14. The molecule has 0 bridgehead atoms. The van der Waals surface area contributed by atoms with E-state index >= 15 is 0 Å². The minimum Gasteiger partial charge on any atom is -0.396 e. The number of aryl methyl sites for hydroxylation is 1. The van der Waals surface area contributed by atoms with Gasteiger partial charge in [0.15, 0.2) is 0 Å². The van der Waals surface area contributed by atoms with Gasteiger partial charge < -0.3 is 10.4 Å². The summed E-state index contributed by atoms with van der Waals surface area (Å²) in [6, 6.07) is 9.38. The number of aliphatic hydroxyl groups excluding tert-OH is 1. The van der Waals surface area contributed by atoms with Crippen LogP contribution in [-0.2, 0) is 13.1 Å². The minimum absolute atomic E-state index is 0.147. The Hall–Kier alpha value is -2.39. The third-order valence-corrected chi connectivity index (χ3v) is 2.60. The Kier molecular flexibility index (Phi) is 4.48. The molecular weight excluding hydrogens is 242 g/mol. The van der Waals surface area contributed by atoms with Gasteiger partial charge in [0.05, 0.1) is 24.4 Å². The number of nitrogens with zero attached hydrogens (tertiary/aromatic N) is 4. The van der Waals surface area contributed by atoms with Crippen LogP contribution in [0.25, 0.3) is 0 Å². The standard InChI is InChI=1S/C13H15N5O/c14-8-11-3-1-4-12(7-11)15-9-13-10-18(17-16-13)5-2-6-19/h1,3-4,7,10,15,19H,2,5-6,9H2. The number of nitriles is 1. The molecule has 19 heavy (non-hydrogen) atoms. The topological polar surface area (TPSA) is 86.8 Å². The van der Waals surface area contributed by atoms with Crippen molar-refractivity contribution in [2.45, 2.75) is 19.5 Å². The van der Waals surface area contributed by atoms with E-state index in [0.29, 0.717) is 25.1 Å². The first kappa shape index (κ1) is 13.1. The van der Waals surface area contributed by atoms with Gasteiger partial charge in [0.2, 0.25) is 0 Å². The molecule has 2 aromatic rings. The highest BCUT2D eigenvalue weighted by Crippen LogP contribution is 2.10. The molecule has 0 amide bonds. The van der Waals surface area contributed by atoms with Gasteiger partial charge in [0.1, 0.15) is 5.69 Å². The van der Waals surface area contributed by atoms with Crippen molar-refractivity contribution in [3.8, 4) is 6.07 Å². The lowest BCUT2D eigenvalue weighted by Crippen LogP contribution is -2.01. The van der Waals surface area contributed by atoms with Gasteiger partial charge >= 0.3 is 0 Å². The van der Waals surface area contributed by atoms with Gasteiger partial charge in [-0.3, -0.25) is 4.68 Å². The summed E-state index contributed by atoms with van der Waals surface area (Å²) >= 11 is 0. The zero-order valence-corrected chi connectivity index (χ0v) is 10.5. The molecule has 98 valence electrons. The van der Waals surface area contributed by atoms with Crippen molar-refractivity contribution in [2.75, 3.05) is 11.9 Å². The fourth-order valence-corrected chi connectivity index (χ4v) is 1.65. The minimum atomic E-state index is 0.147. The lowest BCUT2D eigenvalue weighted by Gasteiger charge is -2.03. The number of rotatable bonds is 6. The van der Waals surface area contributed by atoms with Crippen molar-refractivity contribution in [1.29, 1.82) is 5.26 Å². The van der Waals surface area contributed by atoms with Crippen molar-refractivity contribution < 1.29 is 5.11 Å². The maximum atomic E-state index is 8.81. The molecule has 0 saturated heterocycles. The molecule has 6 heteroatoms. The Morgan fingerprint density at radius 3 is 3.11 bits per heavy atom. The number of aliphatic hydroxyl groups is 1. The molecule has 0 unspecified atom stereocenters. The van der Waals surface area contributed by atoms with Crippen LogP contribution in [0.4, 0.5) is 5.69 Å². The van der Waals surface area contributed by atoms with E-state index in [4.69, 9.17) is 10.4 Å². The Balaban J connectivity index is 1.91. The fourth-order valence-electron chi connectivity index (χ4n) is 1.65. The Morgan fingerprint density at radius 2 is 2.32 bits per heavy atom. The molecule has 1 aromatic carbocycles. The molecule has 0 saturated carbocycles. The lowest BCUT2D eigenvalue weighted by molar-refractivity contribution is 0.276. The number of aromatic nitrogens is 3. The second-order valence-electron chi connectivity index (χ2n) is 4.10. The molecule has 0 aliphatic heterocycles. The van der Waals surface area contributed by atoms with Crippen molar-refractivity contribution >= 4 is 5.69 Å². The molecule has 0 radical (unpaired) electrons. The summed E-state index contributed by atoms with van der Waals surface area (Å²) in [5.41, 5.74) is 2.32. The molecule has 1 heterocycles. The highest BCUT2D eigenvalue weighted by atomic mass is 16.3.